The first kappa shape index (κ1) is 11.1. The highest BCUT2D eigenvalue weighted by Gasteiger charge is 2.12. The van der Waals surface area contributed by atoms with E-state index in [1.165, 1.54) is 0 Å². The first-order chi connectivity index (χ1) is 7.81. The maximum Gasteiger partial charge on any atom is 0.128 e. The fraction of sp³-hybridized carbons (Fsp3) is 0.273. The monoisotopic (exact) mass is 280 g/mol. The molecule has 0 aromatic carbocycles. The molecule has 0 fully saturated rings. The van der Waals surface area contributed by atoms with Crippen molar-refractivity contribution in [2.24, 2.45) is 0 Å². The Hall–Kier alpha value is -1.36. The maximum atomic E-state index is 4.26. The fourth-order valence-corrected chi connectivity index (χ4v) is 1.88. The van der Waals surface area contributed by atoms with Gasteiger partial charge in [0.2, 0.25) is 0 Å². The normalized spacial score (nSPS) is 12.4. The van der Waals surface area contributed by atoms with Gasteiger partial charge in [0.15, 0.2) is 0 Å². The van der Waals surface area contributed by atoms with Gasteiger partial charge in [-0.25, -0.2) is 4.98 Å². The molecular weight excluding hydrogens is 268 g/mol. The first-order valence-electron chi connectivity index (χ1n) is 5.16. The fourth-order valence-electron chi connectivity index (χ4n) is 1.51. The predicted molar refractivity (Wildman–Crippen MR) is 67.2 cm³/mol. The molecule has 0 aliphatic heterocycles. The molecule has 2 N–H and O–H groups in total. The Morgan fingerprint density at radius 3 is 3.00 bits per heavy atom. The summed E-state index contributed by atoms with van der Waals surface area (Å²) >= 11 is 3.46. The molecule has 84 valence electrons. The van der Waals surface area contributed by atoms with Gasteiger partial charge in [0.25, 0.3) is 0 Å². The van der Waals surface area contributed by atoms with E-state index in [4.69, 9.17) is 0 Å². The SMILES string of the molecule is CCC(Nc1ccncc1Br)c1ncc[nH]1. The van der Waals surface area contributed by atoms with E-state index in [1.54, 1.807) is 18.6 Å². The van der Waals surface area contributed by atoms with Crippen LogP contribution in [0.5, 0.6) is 0 Å². The molecule has 2 heterocycles. The molecule has 2 aromatic heterocycles. The summed E-state index contributed by atoms with van der Waals surface area (Å²) in [6, 6.07) is 2.13. The minimum atomic E-state index is 0.189. The Morgan fingerprint density at radius 1 is 1.50 bits per heavy atom. The topological polar surface area (TPSA) is 53.6 Å². The molecule has 0 saturated heterocycles. The second-order valence-electron chi connectivity index (χ2n) is 3.44. The number of aromatic amines is 1. The molecule has 0 bridgehead atoms. The summed E-state index contributed by atoms with van der Waals surface area (Å²) in [6.45, 7) is 2.12. The van der Waals surface area contributed by atoms with Crippen LogP contribution in [0.4, 0.5) is 5.69 Å². The van der Waals surface area contributed by atoms with Crippen molar-refractivity contribution in [3.05, 3.63) is 41.2 Å². The van der Waals surface area contributed by atoms with Gasteiger partial charge in [-0.05, 0) is 28.4 Å². The van der Waals surface area contributed by atoms with Crippen LogP contribution in [0.3, 0.4) is 0 Å². The van der Waals surface area contributed by atoms with E-state index in [0.29, 0.717) is 0 Å². The van der Waals surface area contributed by atoms with Crippen molar-refractivity contribution < 1.29 is 0 Å². The number of hydrogen-bond acceptors (Lipinski definition) is 3. The number of hydrogen-bond donors (Lipinski definition) is 2. The number of aromatic nitrogens is 3. The van der Waals surface area contributed by atoms with Gasteiger partial charge in [-0.3, -0.25) is 4.98 Å². The van der Waals surface area contributed by atoms with Crippen molar-refractivity contribution in [2.75, 3.05) is 5.32 Å². The van der Waals surface area contributed by atoms with Crippen LogP contribution in [-0.4, -0.2) is 15.0 Å². The number of imidazole rings is 1. The Bertz CT molecular complexity index is 441. The maximum absolute atomic E-state index is 4.26. The number of pyridine rings is 1. The van der Waals surface area contributed by atoms with Gasteiger partial charge in [-0.1, -0.05) is 6.92 Å². The van der Waals surface area contributed by atoms with E-state index in [9.17, 15) is 0 Å². The van der Waals surface area contributed by atoms with Crippen LogP contribution >= 0.6 is 15.9 Å². The van der Waals surface area contributed by atoms with Crippen LogP contribution < -0.4 is 5.32 Å². The molecule has 0 spiro atoms. The molecule has 1 atom stereocenters. The number of rotatable bonds is 4. The Kier molecular flexibility index (Phi) is 3.56. The molecule has 0 aliphatic rings. The summed E-state index contributed by atoms with van der Waals surface area (Å²) in [6.07, 6.45) is 8.10. The molecule has 0 aliphatic carbocycles. The van der Waals surface area contributed by atoms with Crippen molar-refractivity contribution in [1.82, 2.24) is 15.0 Å². The molecule has 2 aromatic rings. The molecule has 16 heavy (non-hydrogen) atoms. The van der Waals surface area contributed by atoms with E-state index in [0.717, 1.165) is 22.4 Å². The van der Waals surface area contributed by atoms with Crippen molar-refractivity contribution in [2.45, 2.75) is 19.4 Å². The van der Waals surface area contributed by atoms with E-state index in [-0.39, 0.29) is 6.04 Å². The van der Waals surface area contributed by atoms with Gasteiger partial charge < -0.3 is 10.3 Å². The molecule has 0 saturated carbocycles. The van der Waals surface area contributed by atoms with Gasteiger partial charge in [0.05, 0.1) is 16.2 Å². The van der Waals surface area contributed by atoms with Crippen LogP contribution in [0.25, 0.3) is 0 Å². The van der Waals surface area contributed by atoms with Crippen LogP contribution in [0, 0.1) is 0 Å². The quantitative estimate of drug-likeness (QED) is 0.905. The zero-order valence-corrected chi connectivity index (χ0v) is 10.5. The standard InChI is InChI=1S/C11H13BrN4/c1-2-9(11-14-5-6-15-11)16-10-3-4-13-7-8(10)12/h3-7,9H,2H2,1H3,(H,13,16)(H,14,15). The van der Waals surface area contributed by atoms with Gasteiger partial charge in [-0.15, -0.1) is 0 Å². The number of anilines is 1. The second-order valence-corrected chi connectivity index (χ2v) is 4.29. The molecule has 5 heteroatoms. The molecule has 2 rings (SSSR count). The van der Waals surface area contributed by atoms with Crippen molar-refractivity contribution in [1.29, 1.82) is 0 Å². The highest BCUT2D eigenvalue weighted by molar-refractivity contribution is 9.10. The molecular formula is C11H13BrN4. The Labute approximate surface area is 103 Å². The lowest BCUT2D eigenvalue weighted by Crippen LogP contribution is -2.11. The lowest BCUT2D eigenvalue weighted by molar-refractivity contribution is 0.703. The molecule has 0 amide bonds. The van der Waals surface area contributed by atoms with E-state index in [1.807, 2.05) is 12.3 Å². The molecule has 0 radical (unpaired) electrons. The lowest BCUT2D eigenvalue weighted by atomic mass is 10.2. The number of H-pyrrole nitrogens is 1. The molecule has 4 nitrogen and oxygen atoms in total. The van der Waals surface area contributed by atoms with Gasteiger partial charge in [0, 0.05) is 24.8 Å². The summed E-state index contributed by atoms with van der Waals surface area (Å²) in [5.41, 5.74) is 1.03. The molecule has 1 unspecified atom stereocenters. The Balaban J connectivity index is 2.17. The van der Waals surface area contributed by atoms with Crippen LogP contribution in [0.15, 0.2) is 35.3 Å². The van der Waals surface area contributed by atoms with Crippen LogP contribution in [-0.2, 0) is 0 Å². The third kappa shape index (κ3) is 2.41. The summed E-state index contributed by atoms with van der Waals surface area (Å²) in [5.74, 6) is 0.950. The summed E-state index contributed by atoms with van der Waals surface area (Å²) in [5, 5.41) is 3.42. The summed E-state index contributed by atoms with van der Waals surface area (Å²) in [4.78, 5) is 11.4. The first-order valence-corrected chi connectivity index (χ1v) is 5.96. The predicted octanol–water partition coefficient (Wildman–Crippen LogP) is 3.13. The van der Waals surface area contributed by atoms with E-state index in [2.05, 4.69) is 43.1 Å². The van der Waals surface area contributed by atoms with Gasteiger partial charge in [0.1, 0.15) is 5.82 Å². The minimum Gasteiger partial charge on any atom is -0.374 e. The zero-order valence-electron chi connectivity index (χ0n) is 8.94. The number of nitrogens with zero attached hydrogens (tertiary/aromatic N) is 2. The largest absolute Gasteiger partial charge is 0.374 e. The minimum absolute atomic E-state index is 0.189. The smallest absolute Gasteiger partial charge is 0.128 e. The summed E-state index contributed by atoms with van der Waals surface area (Å²) in [7, 11) is 0. The van der Waals surface area contributed by atoms with Gasteiger partial charge >= 0.3 is 0 Å². The van der Waals surface area contributed by atoms with Crippen LogP contribution in [0.1, 0.15) is 25.2 Å². The number of nitrogens with one attached hydrogen (secondary N) is 2. The summed E-state index contributed by atoms with van der Waals surface area (Å²) < 4.78 is 0.958. The van der Waals surface area contributed by atoms with E-state index >= 15 is 0 Å². The zero-order chi connectivity index (χ0) is 11.4. The van der Waals surface area contributed by atoms with Crippen LogP contribution in [0.2, 0.25) is 0 Å². The van der Waals surface area contributed by atoms with Crippen molar-refractivity contribution >= 4 is 21.6 Å². The van der Waals surface area contributed by atoms with Crippen molar-refractivity contribution in [3.63, 3.8) is 0 Å². The van der Waals surface area contributed by atoms with Crippen molar-refractivity contribution in [3.8, 4) is 0 Å². The average Bonchev–Trinajstić information content (AvgIpc) is 2.81. The Morgan fingerprint density at radius 2 is 2.38 bits per heavy atom. The highest BCUT2D eigenvalue weighted by Crippen LogP contribution is 2.25. The van der Waals surface area contributed by atoms with Gasteiger partial charge in [-0.2, -0.15) is 0 Å². The van der Waals surface area contributed by atoms with E-state index < -0.39 is 0 Å². The lowest BCUT2D eigenvalue weighted by Gasteiger charge is -2.16. The second kappa shape index (κ2) is 5.12. The highest BCUT2D eigenvalue weighted by atomic mass is 79.9. The average molecular weight is 281 g/mol. The number of halogens is 1. The third-order valence-corrected chi connectivity index (χ3v) is 2.99. The third-order valence-electron chi connectivity index (χ3n) is 2.36.